The van der Waals surface area contributed by atoms with E-state index < -0.39 is 22.8 Å². The molecule has 0 radical (unpaired) electrons. The van der Waals surface area contributed by atoms with Crippen LogP contribution in [0.25, 0.3) is 0 Å². The lowest BCUT2D eigenvalue weighted by atomic mass is 10.1. The average molecular weight is 268 g/mol. The number of nitro groups is 1. The Bertz CT molecular complexity index is 490. The number of hydrogen-bond donors (Lipinski definition) is 2. The topological polar surface area (TPSA) is 120 Å². The fraction of sp³-hybridized carbons (Fsp3) is 0.455. The molecule has 1 aromatic heterocycles. The molecule has 0 aromatic carbocycles. The molecule has 19 heavy (non-hydrogen) atoms. The van der Waals surface area contributed by atoms with Gasteiger partial charge in [0.1, 0.15) is 5.69 Å². The lowest BCUT2D eigenvalue weighted by Gasteiger charge is -2.20. The van der Waals surface area contributed by atoms with Gasteiger partial charge in [-0.25, -0.2) is 5.84 Å². The van der Waals surface area contributed by atoms with E-state index in [4.69, 9.17) is 10.6 Å². The number of aryl methyl sites for hydroxylation is 1. The first-order valence-corrected chi connectivity index (χ1v) is 5.66. The summed E-state index contributed by atoms with van der Waals surface area (Å²) in [7, 11) is 0. The molecule has 3 N–H and O–H groups in total. The summed E-state index contributed by atoms with van der Waals surface area (Å²) >= 11 is 0. The van der Waals surface area contributed by atoms with Crippen molar-refractivity contribution in [3.8, 4) is 5.75 Å². The van der Waals surface area contributed by atoms with E-state index in [1.165, 1.54) is 6.07 Å². The third-order valence-electron chi connectivity index (χ3n) is 2.41. The van der Waals surface area contributed by atoms with Crippen LogP contribution in [0.5, 0.6) is 5.75 Å². The van der Waals surface area contributed by atoms with Crippen LogP contribution < -0.4 is 16.0 Å². The molecule has 104 valence electrons. The molecule has 1 aromatic rings. The Morgan fingerprint density at radius 3 is 2.63 bits per heavy atom. The Labute approximate surface area is 110 Å². The van der Waals surface area contributed by atoms with Crippen molar-refractivity contribution in [3.05, 3.63) is 27.9 Å². The summed E-state index contributed by atoms with van der Waals surface area (Å²) < 4.78 is 5.38. The van der Waals surface area contributed by atoms with Crippen LogP contribution in [-0.4, -0.2) is 21.9 Å². The van der Waals surface area contributed by atoms with E-state index in [0.717, 1.165) is 0 Å². The van der Waals surface area contributed by atoms with Crippen LogP contribution in [0.4, 0.5) is 5.82 Å². The van der Waals surface area contributed by atoms with Crippen molar-refractivity contribution >= 4 is 11.7 Å². The maximum atomic E-state index is 11.6. The zero-order valence-electron chi connectivity index (χ0n) is 10.9. The average Bonchev–Trinajstić information content (AvgIpc) is 2.35. The minimum absolute atomic E-state index is 0.0575. The van der Waals surface area contributed by atoms with Gasteiger partial charge >= 0.3 is 5.82 Å². The van der Waals surface area contributed by atoms with Gasteiger partial charge in [0.05, 0.1) is 0 Å². The predicted molar refractivity (Wildman–Crippen MR) is 67.2 cm³/mol. The number of carbonyl (C=O) groups excluding carboxylic acids is 1. The van der Waals surface area contributed by atoms with Gasteiger partial charge in [-0.3, -0.25) is 10.2 Å². The van der Waals surface area contributed by atoms with E-state index in [1.54, 1.807) is 26.8 Å². The quantitative estimate of drug-likeness (QED) is 0.351. The molecule has 0 bridgehead atoms. The van der Waals surface area contributed by atoms with Crippen molar-refractivity contribution in [2.45, 2.75) is 26.9 Å². The largest absolute Gasteiger partial charge is 0.472 e. The number of nitrogens with zero attached hydrogens (tertiary/aromatic N) is 2. The molecule has 0 aliphatic heterocycles. The number of amides is 1. The van der Waals surface area contributed by atoms with Crippen LogP contribution in [0, 0.1) is 23.0 Å². The normalized spacial score (nSPS) is 12.1. The van der Waals surface area contributed by atoms with Gasteiger partial charge in [-0.05, 0) is 28.0 Å². The van der Waals surface area contributed by atoms with Gasteiger partial charge in [-0.2, -0.15) is 0 Å². The SMILES string of the molecule is Cc1ccc(OC(C(=O)NN)C(C)C)c([N+](=O)[O-])n1. The van der Waals surface area contributed by atoms with Crippen molar-refractivity contribution in [1.82, 2.24) is 10.4 Å². The van der Waals surface area contributed by atoms with Gasteiger partial charge in [0.25, 0.3) is 5.91 Å². The highest BCUT2D eigenvalue weighted by Gasteiger charge is 2.27. The zero-order chi connectivity index (χ0) is 14.6. The van der Waals surface area contributed by atoms with E-state index in [2.05, 4.69) is 4.98 Å². The van der Waals surface area contributed by atoms with Gasteiger partial charge < -0.3 is 14.9 Å². The number of hydrogen-bond acceptors (Lipinski definition) is 6. The zero-order valence-corrected chi connectivity index (χ0v) is 10.9. The Kier molecular flexibility index (Phi) is 4.76. The Morgan fingerprint density at radius 2 is 2.16 bits per heavy atom. The second kappa shape index (κ2) is 6.10. The third kappa shape index (κ3) is 3.62. The number of aromatic nitrogens is 1. The first-order valence-electron chi connectivity index (χ1n) is 5.66. The van der Waals surface area contributed by atoms with Gasteiger partial charge in [-0.15, -0.1) is 0 Å². The van der Waals surface area contributed by atoms with Gasteiger partial charge in [0.15, 0.2) is 6.10 Å². The lowest BCUT2D eigenvalue weighted by Crippen LogP contribution is -2.44. The highest BCUT2D eigenvalue weighted by atomic mass is 16.6. The number of hydrazine groups is 1. The highest BCUT2D eigenvalue weighted by Crippen LogP contribution is 2.26. The van der Waals surface area contributed by atoms with E-state index in [1.807, 2.05) is 5.43 Å². The summed E-state index contributed by atoms with van der Waals surface area (Å²) in [6, 6.07) is 2.99. The summed E-state index contributed by atoms with van der Waals surface area (Å²) in [5.41, 5.74) is 2.46. The molecule has 0 spiro atoms. The molecular formula is C11H16N4O4. The standard InChI is InChI=1S/C11H16N4O4/c1-6(2)9(11(16)14-12)19-8-5-4-7(3)13-10(8)15(17)18/h4-6,9H,12H2,1-3H3,(H,14,16). The van der Waals surface area contributed by atoms with E-state index in [0.29, 0.717) is 5.69 Å². The molecule has 0 aliphatic rings. The number of nitrogens with two attached hydrogens (primary N) is 1. The summed E-state index contributed by atoms with van der Waals surface area (Å²) in [5, 5.41) is 10.9. The van der Waals surface area contributed by atoms with Gasteiger partial charge in [0.2, 0.25) is 5.75 Å². The Morgan fingerprint density at radius 1 is 1.53 bits per heavy atom. The maximum absolute atomic E-state index is 11.6. The number of nitrogens with one attached hydrogen (secondary N) is 1. The van der Waals surface area contributed by atoms with Crippen LogP contribution >= 0.6 is 0 Å². The Balaban J connectivity index is 3.09. The van der Waals surface area contributed by atoms with Crippen molar-refractivity contribution in [1.29, 1.82) is 0 Å². The van der Waals surface area contributed by atoms with E-state index in [-0.39, 0.29) is 11.7 Å². The summed E-state index contributed by atoms with van der Waals surface area (Å²) in [4.78, 5) is 25.6. The minimum atomic E-state index is -0.923. The van der Waals surface area contributed by atoms with Crippen LogP contribution in [0.15, 0.2) is 12.1 Å². The summed E-state index contributed by atoms with van der Waals surface area (Å²) in [6.45, 7) is 5.12. The Hall–Kier alpha value is -2.22. The molecule has 1 amide bonds. The van der Waals surface area contributed by atoms with E-state index in [9.17, 15) is 14.9 Å². The van der Waals surface area contributed by atoms with Gasteiger partial charge in [0, 0.05) is 6.92 Å². The van der Waals surface area contributed by atoms with Crippen molar-refractivity contribution in [2.75, 3.05) is 0 Å². The first kappa shape index (κ1) is 14.8. The molecular weight excluding hydrogens is 252 g/mol. The third-order valence-corrected chi connectivity index (χ3v) is 2.41. The summed E-state index contributed by atoms with van der Waals surface area (Å²) in [6.07, 6.45) is -0.923. The molecule has 0 aliphatic carbocycles. The van der Waals surface area contributed by atoms with Crippen LogP contribution in [0.1, 0.15) is 19.5 Å². The second-order valence-corrected chi connectivity index (χ2v) is 4.32. The van der Waals surface area contributed by atoms with Crippen LogP contribution in [-0.2, 0) is 4.79 Å². The molecule has 0 fully saturated rings. The van der Waals surface area contributed by atoms with E-state index >= 15 is 0 Å². The monoisotopic (exact) mass is 268 g/mol. The van der Waals surface area contributed by atoms with Crippen LogP contribution in [0.2, 0.25) is 0 Å². The number of ether oxygens (including phenoxy) is 1. The van der Waals surface area contributed by atoms with Gasteiger partial charge in [-0.1, -0.05) is 13.8 Å². The number of rotatable bonds is 5. The first-order chi connectivity index (χ1) is 8.86. The molecule has 8 heteroatoms. The lowest BCUT2D eigenvalue weighted by molar-refractivity contribution is -0.390. The highest BCUT2D eigenvalue weighted by molar-refractivity contribution is 5.80. The van der Waals surface area contributed by atoms with Crippen molar-refractivity contribution < 1.29 is 14.5 Å². The minimum Gasteiger partial charge on any atom is -0.472 e. The van der Waals surface area contributed by atoms with Crippen molar-refractivity contribution in [2.24, 2.45) is 11.8 Å². The molecule has 1 heterocycles. The molecule has 1 rings (SSSR count). The molecule has 1 unspecified atom stereocenters. The van der Waals surface area contributed by atoms with Crippen molar-refractivity contribution in [3.63, 3.8) is 0 Å². The summed E-state index contributed by atoms with van der Waals surface area (Å²) in [5.74, 6) is 3.82. The second-order valence-electron chi connectivity index (χ2n) is 4.32. The number of pyridine rings is 1. The molecule has 0 saturated heterocycles. The van der Waals surface area contributed by atoms with Crippen LogP contribution in [0.3, 0.4) is 0 Å². The fourth-order valence-corrected chi connectivity index (χ4v) is 1.46. The predicted octanol–water partition coefficient (Wildman–Crippen LogP) is 0.692. The maximum Gasteiger partial charge on any atom is 0.406 e. The fourth-order valence-electron chi connectivity index (χ4n) is 1.46. The molecule has 8 nitrogen and oxygen atoms in total. The smallest absolute Gasteiger partial charge is 0.406 e. The molecule has 1 atom stereocenters. The molecule has 0 saturated carbocycles. The number of carbonyl (C=O) groups is 1.